The van der Waals surface area contributed by atoms with Gasteiger partial charge >= 0.3 is 5.96 Å². The topological polar surface area (TPSA) is 61.2 Å². The van der Waals surface area contributed by atoms with Crippen molar-refractivity contribution in [3.63, 3.8) is 0 Å². The largest absolute Gasteiger partial charge is 0.383 e. The second kappa shape index (κ2) is 2.41. The molecule has 0 atom stereocenters. The van der Waals surface area contributed by atoms with Gasteiger partial charge in [-0.25, -0.2) is 4.99 Å². The summed E-state index contributed by atoms with van der Waals surface area (Å²) in [5, 5.41) is 0. The van der Waals surface area contributed by atoms with Crippen molar-refractivity contribution in [3.05, 3.63) is 23.8 Å². The molecule has 0 saturated heterocycles. The molecule has 4 N–H and O–H groups in total. The van der Waals surface area contributed by atoms with Crippen LogP contribution in [0.4, 0.5) is 5.69 Å². The van der Waals surface area contributed by atoms with Gasteiger partial charge in [0.1, 0.15) is 5.69 Å². The Hall–Kier alpha value is -1.71. The third kappa shape index (κ3) is 1.07. The first kappa shape index (κ1) is 6.97. The predicted octanol–water partition coefficient (Wildman–Crippen LogP) is -1.08. The minimum absolute atomic E-state index is 0.410. The predicted molar refractivity (Wildman–Crippen MR) is 44.8 cm³/mol. The van der Waals surface area contributed by atoms with Crippen molar-refractivity contribution < 1.29 is 9.83 Å². The first-order valence-corrected chi connectivity index (χ1v) is 3.68. The summed E-state index contributed by atoms with van der Waals surface area (Å²) in [7, 11) is 0. The van der Waals surface area contributed by atoms with Crippen LogP contribution in [0, 0.1) is 6.92 Å². The molecule has 0 amide bonds. The van der Waals surface area contributed by atoms with Gasteiger partial charge in [0.15, 0.2) is 0 Å². The average Bonchev–Trinajstić information content (AvgIpc) is 2.03. The summed E-state index contributed by atoms with van der Waals surface area (Å²) in [4.78, 5) is 8.08. The molecule has 1 aromatic carbocycles. The Bertz CT molecular complexity index is 346. The van der Waals surface area contributed by atoms with Crippen molar-refractivity contribution in [2.45, 2.75) is 6.92 Å². The summed E-state index contributed by atoms with van der Waals surface area (Å²) in [6.45, 7) is 2.01. The van der Waals surface area contributed by atoms with Gasteiger partial charge in [0.05, 0.1) is 0 Å². The minimum atomic E-state index is 0.410. The lowest BCUT2D eigenvalue weighted by atomic mass is 10.2. The Labute approximate surface area is 70.0 Å². The highest BCUT2D eigenvalue weighted by molar-refractivity contribution is 5.73. The quantitative estimate of drug-likeness (QED) is 0.457. The summed E-state index contributed by atoms with van der Waals surface area (Å²) in [6.07, 6.45) is 0. The molecule has 1 aliphatic rings. The van der Waals surface area contributed by atoms with Gasteiger partial charge in [-0.1, -0.05) is 11.5 Å². The molecular formula is C8H10N3O+. The van der Waals surface area contributed by atoms with Gasteiger partial charge in [0.25, 0.3) is 0 Å². The number of guanidine groups is 1. The summed E-state index contributed by atoms with van der Waals surface area (Å²) < 4.78 is 0. The van der Waals surface area contributed by atoms with Crippen LogP contribution in [0.3, 0.4) is 0 Å². The second-order valence-electron chi connectivity index (χ2n) is 2.74. The van der Waals surface area contributed by atoms with E-state index < -0.39 is 0 Å². The van der Waals surface area contributed by atoms with Crippen LogP contribution in [0.15, 0.2) is 18.2 Å². The molecule has 0 aromatic heterocycles. The third-order valence-corrected chi connectivity index (χ3v) is 1.68. The third-order valence-electron chi connectivity index (χ3n) is 1.68. The number of fused-ring (bicyclic) bond motifs is 1. The first-order chi connectivity index (χ1) is 5.75. The highest BCUT2D eigenvalue weighted by Crippen LogP contribution is 2.20. The summed E-state index contributed by atoms with van der Waals surface area (Å²) in [5.41, 5.74) is 10.1. The average molecular weight is 164 g/mol. The van der Waals surface area contributed by atoms with Crippen molar-refractivity contribution in [1.82, 2.24) is 5.48 Å². The molecule has 0 aliphatic carbocycles. The van der Waals surface area contributed by atoms with Crippen LogP contribution in [0.5, 0.6) is 5.75 Å². The number of benzene rings is 1. The van der Waals surface area contributed by atoms with Crippen molar-refractivity contribution >= 4 is 11.6 Å². The van der Waals surface area contributed by atoms with Crippen LogP contribution >= 0.6 is 0 Å². The van der Waals surface area contributed by atoms with Crippen LogP contribution in [0.25, 0.3) is 0 Å². The smallest absolute Gasteiger partial charge is 0.322 e. The molecule has 1 heterocycles. The number of nitrogens with one attached hydrogen (secondary N) is 2. The maximum atomic E-state index is 5.47. The SMILES string of the molecule is Cc1ccc2c(c1)[NH+]=C(N)NO2. The lowest BCUT2D eigenvalue weighted by molar-refractivity contribution is -0.367. The highest BCUT2D eigenvalue weighted by atomic mass is 16.7. The van der Waals surface area contributed by atoms with Crippen molar-refractivity contribution in [2.24, 2.45) is 5.73 Å². The number of nitrogens with two attached hydrogens (primary N) is 1. The molecule has 0 unspecified atom stereocenters. The van der Waals surface area contributed by atoms with E-state index in [1.54, 1.807) is 0 Å². The molecular weight excluding hydrogens is 154 g/mol. The van der Waals surface area contributed by atoms with Crippen LogP contribution in [-0.2, 0) is 0 Å². The van der Waals surface area contributed by atoms with Crippen molar-refractivity contribution in [3.8, 4) is 5.75 Å². The number of aryl methyl sites for hydroxylation is 1. The summed E-state index contributed by atoms with van der Waals surface area (Å²) >= 11 is 0. The lowest BCUT2D eigenvalue weighted by Crippen LogP contribution is -2.76. The molecule has 62 valence electrons. The molecule has 0 saturated carbocycles. The molecule has 1 aromatic rings. The Morgan fingerprint density at radius 2 is 2.33 bits per heavy atom. The molecule has 0 spiro atoms. The van der Waals surface area contributed by atoms with E-state index in [4.69, 9.17) is 10.6 Å². The van der Waals surface area contributed by atoms with Gasteiger partial charge in [-0.3, -0.25) is 5.73 Å². The fourth-order valence-corrected chi connectivity index (χ4v) is 1.11. The monoisotopic (exact) mass is 164 g/mol. The zero-order valence-corrected chi connectivity index (χ0v) is 6.72. The molecule has 0 bridgehead atoms. The first-order valence-electron chi connectivity index (χ1n) is 3.68. The fourth-order valence-electron chi connectivity index (χ4n) is 1.11. The lowest BCUT2D eigenvalue weighted by Gasteiger charge is -2.09. The molecule has 4 nitrogen and oxygen atoms in total. The number of hydroxylamine groups is 1. The minimum Gasteiger partial charge on any atom is -0.322 e. The van der Waals surface area contributed by atoms with Gasteiger partial charge in [-0.05, 0) is 24.6 Å². The van der Waals surface area contributed by atoms with Gasteiger partial charge in [0.2, 0.25) is 5.75 Å². The van der Waals surface area contributed by atoms with Gasteiger partial charge in [-0.15, -0.1) is 0 Å². The highest BCUT2D eigenvalue weighted by Gasteiger charge is 2.14. The Kier molecular flexibility index (Phi) is 1.40. The van der Waals surface area contributed by atoms with Gasteiger partial charge in [-0.2, -0.15) is 0 Å². The van der Waals surface area contributed by atoms with Crippen LogP contribution in [0.2, 0.25) is 0 Å². The summed E-state index contributed by atoms with van der Waals surface area (Å²) in [5.74, 6) is 1.17. The number of hydrogen-bond donors (Lipinski definition) is 3. The van der Waals surface area contributed by atoms with E-state index in [0.717, 1.165) is 11.4 Å². The van der Waals surface area contributed by atoms with Gasteiger partial charge < -0.3 is 4.84 Å². The van der Waals surface area contributed by atoms with E-state index in [1.807, 2.05) is 25.1 Å². The van der Waals surface area contributed by atoms with Crippen LogP contribution in [-0.4, -0.2) is 5.96 Å². The van der Waals surface area contributed by atoms with E-state index in [2.05, 4.69) is 10.5 Å². The Balaban J connectivity index is 2.53. The molecule has 0 radical (unpaired) electrons. The zero-order valence-electron chi connectivity index (χ0n) is 6.72. The van der Waals surface area contributed by atoms with E-state index in [0.29, 0.717) is 5.96 Å². The Morgan fingerprint density at radius 3 is 3.17 bits per heavy atom. The Morgan fingerprint density at radius 1 is 1.50 bits per heavy atom. The van der Waals surface area contributed by atoms with E-state index in [9.17, 15) is 0 Å². The molecule has 4 heteroatoms. The molecule has 1 aliphatic heterocycles. The maximum Gasteiger partial charge on any atom is 0.383 e. The van der Waals surface area contributed by atoms with E-state index in [1.165, 1.54) is 5.56 Å². The molecule has 2 rings (SSSR count). The van der Waals surface area contributed by atoms with Crippen LogP contribution < -0.4 is 21.0 Å². The molecule has 0 fully saturated rings. The standard InChI is InChI=1S/C8H9N3O/c1-5-2-3-7-6(4-5)10-8(9)11-12-7/h2-4H,1H3,(H3,9,10,11)/p+1. The molecule has 12 heavy (non-hydrogen) atoms. The van der Waals surface area contributed by atoms with E-state index >= 15 is 0 Å². The zero-order chi connectivity index (χ0) is 8.55. The van der Waals surface area contributed by atoms with E-state index in [-0.39, 0.29) is 0 Å². The second-order valence-corrected chi connectivity index (χ2v) is 2.74. The van der Waals surface area contributed by atoms with Gasteiger partial charge in [0, 0.05) is 0 Å². The normalized spacial score (nSPS) is 13.9. The fraction of sp³-hybridized carbons (Fsp3) is 0.125. The number of hydrogen-bond acceptors (Lipinski definition) is 3. The summed E-state index contributed by atoms with van der Waals surface area (Å²) in [6, 6.07) is 5.84. The van der Waals surface area contributed by atoms with Crippen molar-refractivity contribution in [2.75, 3.05) is 0 Å². The maximum absolute atomic E-state index is 5.47. The van der Waals surface area contributed by atoms with Crippen molar-refractivity contribution in [1.29, 1.82) is 0 Å². The number of rotatable bonds is 0. The van der Waals surface area contributed by atoms with Crippen LogP contribution in [0.1, 0.15) is 5.56 Å².